The minimum Gasteiger partial charge on any atom is -0.350 e. The van der Waals surface area contributed by atoms with Crippen LogP contribution in [0.4, 0.5) is 5.69 Å². The van der Waals surface area contributed by atoms with Gasteiger partial charge in [-0.25, -0.2) is 4.99 Å². The molecule has 3 heteroatoms. The summed E-state index contributed by atoms with van der Waals surface area (Å²) in [4.78, 5) is 6.18. The molecule has 0 saturated carbocycles. The lowest BCUT2D eigenvalue weighted by Crippen LogP contribution is -2.24. The normalized spacial score (nSPS) is 10.8. The zero-order chi connectivity index (χ0) is 10.4. The topological polar surface area (TPSA) is 39.4 Å². The Morgan fingerprint density at radius 3 is 2.64 bits per heavy atom. The number of nitrogens with zero attached hydrogens (tertiary/aromatic N) is 3. The Labute approximate surface area is 84.3 Å². The van der Waals surface area contributed by atoms with Gasteiger partial charge in [-0.15, -0.1) is 0 Å². The number of hydrogen-bond acceptors (Lipinski definition) is 2. The number of nitriles is 1. The van der Waals surface area contributed by atoms with Crippen LogP contribution in [0.15, 0.2) is 35.3 Å². The second-order valence-electron chi connectivity index (χ2n) is 3.01. The van der Waals surface area contributed by atoms with Crippen LogP contribution in [0.2, 0.25) is 0 Å². The molecule has 0 aliphatic heterocycles. The van der Waals surface area contributed by atoms with Gasteiger partial charge in [0.1, 0.15) is 12.4 Å². The molecule has 1 aromatic carbocycles. The van der Waals surface area contributed by atoms with E-state index < -0.39 is 0 Å². The van der Waals surface area contributed by atoms with Gasteiger partial charge in [-0.3, -0.25) is 0 Å². The van der Waals surface area contributed by atoms with Crippen molar-refractivity contribution in [3.05, 3.63) is 30.3 Å². The van der Waals surface area contributed by atoms with Gasteiger partial charge in [0.15, 0.2) is 0 Å². The summed E-state index contributed by atoms with van der Waals surface area (Å²) in [5.74, 6) is 0.845. The van der Waals surface area contributed by atoms with Gasteiger partial charge in [-0.1, -0.05) is 18.2 Å². The predicted molar refractivity (Wildman–Crippen MR) is 57.5 cm³/mol. The SMILES string of the molecule is CC(=Nc1ccccc1)N(C)CC#N. The maximum Gasteiger partial charge on any atom is 0.106 e. The van der Waals surface area contributed by atoms with Crippen LogP contribution in [-0.4, -0.2) is 24.3 Å². The average Bonchev–Trinajstić information content (AvgIpc) is 2.19. The lowest BCUT2D eigenvalue weighted by Gasteiger charge is -2.13. The summed E-state index contributed by atoms with van der Waals surface area (Å²) in [7, 11) is 1.85. The third kappa shape index (κ3) is 2.91. The zero-order valence-corrected chi connectivity index (χ0v) is 8.44. The summed E-state index contributed by atoms with van der Waals surface area (Å²) in [6.07, 6.45) is 0. The minimum atomic E-state index is 0.363. The Morgan fingerprint density at radius 1 is 1.43 bits per heavy atom. The van der Waals surface area contributed by atoms with E-state index >= 15 is 0 Å². The number of aliphatic imine (C=N–C) groups is 1. The van der Waals surface area contributed by atoms with E-state index in [1.165, 1.54) is 0 Å². The molecule has 0 amide bonds. The fraction of sp³-hybridized carbons (Fsp3) is 0.273. The Kier molecular flexibility index (Phi) is 3.69. The number of para-hydroxylation sites is 1. The van der Waals surface area contributed by atoms with Crippen molar-refractivity contribution in [1.82, 2.24) is 4.90 Å². The van der Waals surface area contributed by atoms with Crippen molar-refractivity contribution in [2.24, 2.45) is 4.99 Å². The van der Waals surface area contributed by atoms with Crippen molar-refractivity contribution in [3.8, 4) is 6.07 Å². The van der Waals surface area contributed by atoms with Crippen LogP contribution in [0, 0.1) is 11.3 Å². The van der Waals surface area contributed by atoms with Crippen molar-refractivity contribution in [3.63, 3.8) is 0 Å². The summed E-state index contributed by atoms with van der Waals surface area (Å²) in [6, 6.07) is 11.8. The lowest BCUT2D eigenvalue weighted by molar-refractivity contribution is 0.566. The standard InChI is InChI=1S/C11H13N3/c1-10(14(2)9-8-12)13-11-6-4-3-5-7-11/h3-7H,9H2,1-2H3. The Balaban J connectivity index is 2.74. The fourth-order valence-electron chi connectivity index (χ4n) is 0.995. The molecule has 0 atom stereocenters. The molecule has 72 valence electrons. The first-order valence-electron chi connectivity index (χ1n) is 4.42. The monoisotopic (exact) mass is 187 g/mol. The summed E-state index contributed by atoms with van der Waals surface area (Å²) in [6.45, 7) is 2.26. The quantitative estimate of drug-likeness (QED) is 0.404. The van der Waals surface area contributed by atoms with Gasteiger partial charge in [-0.05, 0) is 19.1 Å². The average molecular weight is 187 g/mol. The van der Waals surface area contributed by atoms with Gasteiger partial charge in [0, 0.05) is 7.05 Å². The highest BCUT2D eigenvalue weighted by molar-refractivity contribution is 5.82. The molecule has 0 spiro atoms. The van der Waals surface area contributed by atoms with Gasteiger partial charge in [0.25, 0.3) is 0 Å². The molecule has 1 aromatic rings. The first-order valence-corrected chi connectivity index (χ1v) is 4.42. The largest absolute Gasteiger partial charge is 0.350 e. The first kappa shape index (κ1) is 10.3. The summed E-state index contributed by atoms with van der Waals surface area (Å²) in [5.41, 5.74) is 0.912. The molecule has 3 nitrogen and oxygen atoms in total. The van der Waals surface area contributed by atoms with Crippen molar-refractivity contribution in [2.75, 3.05) is 13.6 Å². The summed E-state index contributed by atoms with van der Waals surface area (Å²) < 4.78 is 0. The van der Waals surface area contributed by atoms with Gasteiger partial charge in [0.2, 0.25) is 0 Å². The summed E-state index contributed by atoms with van der Waals surface area (Å²) in [5, 5.41) is 8.50. The molecule has 0 bridgehead atoms. The van der Waals surface area contributed by atoms with Crippen LogP contribution >= 0.6 is 0 Å². The molecule has 0 saturated heterocycles. The van der Waals surface area contributed by atoms with Gasteiger partial charge < -0.3 is 4.90 Å². The van der Waals surface area contributed by atoms with E-state index in [9.17, 15) is 0 Å². The second kappa shape index (κ2) is 5.03. The van der Waals surface area contributed by atoms with E-state index in [-0.39, 0.29) is 0 Å². The smallest absolute Gasteiger partial charge is 0.106 e. The minimum absolute atomic E-state index is 0.363. The van der Waals surface area contributed by atoms with E-state index in [1.807, 2.05) is 49.2 Å². The highest BCUT2D eigenvalue weighted by atomic mass is 15.2. The van der Waals surface area contributed by atoms with E-state index in [2.05, 4.69) is 11.1 Å². The van der Waals surface area contributed by atoms with Crippen LogP contribution in [0.3, 0.4) is 0 Å². The molecule has 0 radical (unpaired) electrons. The van der Waals surface area contributed by atoms with E-state index in [1.54, 1.807) is 0 Å². The lowest BCUT2D eigenvalue weighted by atomic mass is 10.3. The fourth-order valence-corrected chi connectivity index (χ4v) is 0.995. The van der Waals surface area contributed by atoms with Crippen LogP contribution < -0.4 is 0 Å². The van der Waals surface area contributed by atoms with Gasteiger partial charge in [0.05, 0.1) is 11.8 Å². The molecular weight excluding hydrogens is 174 g/mol. The molecule has 0 unspecified atom stereocenters. The molecule has 0 fully saturated rings. The molecule has 14 heavy (non-hydrogen) atoms. The Morgan fingerprint density at radius 2 is 2.07 bits per heavy atom. The van der Waals surface area contributed by atoms with E-state index in [0.29, 0.717) is 6.54 Å². The van der Waals surface area contributed by atoms with Crippen molar-refractivity contribution >= 4 is 11.5 Å². The van der Waals surface area contributed by atoms with Crippen molar-refractivity contribution in [1.29, 1.82) is 5.26 Å². The second-order valence-corrected chi connectivity index (χ2v) is 3.01. The third-order valence-electron chi connectivity index (χ3n) is 1.91. The predicted octanol–water partition coefficient (Wildman–Crippen LogP) is 2.19. The van der Waals surface area contributed by atoms with Gasteiger partial charge in [-0.2, -0.15) is 5.26 Å². The highest BCUT2D eigenvalue weighted by Crippen LogP contribution is 2.10. The van der Waals surface area contributed by atoms with E-state index in [0.717, 1.165) is 11.5 Å². The zero-order valence-electron chi connectivity index (χ0n) is 8.44. The van der Waals surface area contributed by atoms with Crippen LogP contribution in [0.5, 0.6) is 0 Å². The number of rotatable bonds is 2. The molecule has 0 N–H and O–H groups in total. The third-order valence-corrected chi connectivity index (χ3v) is 1.91. The molecule has 0 aliphatic carbocycles. The van der Waals surface area contributed by atoms with Crippen LogP contribution in [-0.2, 0) is 0 Å². The van der Waals surface area contributed by atoms with Crippen molar-refractivity contribution in [2.45, 2.75) is 6.92 Å². The maximum absolute atomic E-state index is 8.50. The number of hydrogen-bond donors (Lipinski definition) is 0. The van der Waals surface area contributed by atoms with Crippen LogP contribution in [0.1, 0.15) is 6.92 Å². The number of amidine groups is 1. The van der Waals surface area contributed by atoms with E-state index in [4.69, 9.17) is 5.26 Å². The van der Waals surface area contributed by atoms with Crippen molar-refractivity contribution < 1.29 is 0 Å². The molecule has 0 aliphatic rings. The van der Waals surface area contributed by atoms with Gasteiger partial charge >= 0.3 is 0 Å². The molecular formula is C11H13N3. The first-order chi connectivity index (χ1) is 6.74. The molecule has 0 heterocycles. The highest BCUT2D eigenvalue weighted by Gasteiger charge is 1.98. The summed E-state index contributed by atoms with van der Waals surface area (Å²) >= 11 is 0. The molecule has 0 aromatic heterocycles. The maximum atomic E-state index is 8.50. The molecule has 1 rings (SSSR count). The van der Waals surface area contributed by atoms with Crippen LogP contribution in [0.25, 0.3) is 0 Å². The Hall–Kier alpha value is -1.82. The number of benzene rings is 1. The Bertz CT molecular complexity index is 349.